The normalized spacial score (nSPS) is 26.5. The predicted molar refractivity (Wildman–Crippen MR) is 86.0 cm³/mol. The molecular weight excluding hydrogens is 282 g/mol. The lowest BCUT2D eigenvalue weighted by atomic mass is 9.65. The summed E-state index contributed by atoms with van der Waals surface area (Å²) in [5, 5.41) is 1.67. The van der Waals surface area contributed by atoms with Gasteiger partial charge in [0.25, 0.3) is 0 Å². The van der Waals surface area contributed by atoms with E-state index >= 15 is 4.32 Å². The van der Waals surface area contributed by atoms with Crippen LogP contribution in [0.15, 0.2) is 42.5 Å². The highest BCUT2D eigenvalue weighted by Gasteiger charge is 2.52. The lowest BCUT2D eigenvalue weighted by Gasteiger charge is -2.27. The Morgan fingerprint density at radius 2 is 1.91 bits per heavy atom. The maximum atomic E-state index is 15.8. The van der Waals surface area contributed by atoms with E-state index in [1.54, 1.807) is 44.4 Å². The minimum atomic E-state index is -3.09. The van der Waals surface area contributed by atoms with Crippen LogP contribution in [0.1, 0.15) is 6.92 Å². The second-order valence-corrected chi connectivity index (χ2v) is 5.86. The predicted octanol–water partition coefficient (Wildman–Crippen LogP) is 1.50. The Labute approximate surface area is 128 Å². The molecule has 2 atom stereocenters. The third kappa shape index (κ3) is 2.15. The SMILES string of the molecule is C[C@H]1C(=O)O[B-](F)(c2cccc3ccccc23)/[N+]1=C/N(C)C. The summed E-state index contributed by atoms with van der Waals surface area (Å²) in [5.41, 5.74) is 0.397. The van der Waals surface area contributed by atoms with Crippen molar-refractivity contribution in [3.8, 4) is 0 Å². The number of nitrogens with zero attached hydrogens (tertiary/aromatic N) is 2. The average Bonchev–Trinajstić information content (AvgIpc) is 2.71. The molecule has 1 fully saturated rings. The molecule has 2 aromatic carbocycles. The van der Waals surface area contributed by atoms with Gasteiger partial charge in [0.2, 0.25) is 0 Å². The summed E-state index contributed by atoms with van der Waals surface area (Å²) in [5.74, 6) is -0.548. The second kappa shape index (κ2) is 5.12. The Kier molecular flexibility index (Phi) is 3.39. The van der Waals surface area contributed by atoms with Crippen molar-refractivity contribution in [2.75, 3.05) is 14.1 Å². The van der Waals surface area contributed by atoms with Gasteiger partial charge in [0.1, 0.15) is 6.04 Å². The summed E-state index contributed by atoms with van der Waals surface area (Å²) in [7, 11) is 3.57. The van der Waals surface area contributed by atoms with Crippen molar-refractivity contribution in [2.45, 2.75) is 13.0 Å². The molecule has 1 heterocycles. The molecule has 22 heavy (non-hydrogen) atoms. The topological polar surface area (TPSA) is 32.6 Å². The molecule has 2 aromatic rings. The molecule has 0 amide bonds. The minimum Gasteiger partial charge on any atom is -0.619 e. The maximum Gasteiger partial charge on any atom is 0.568 e. The van der Waals surface area contributed by atoms with Gasteiger partial charge in [-0.1, -0.05) is 47.9 Å². The van der Waals surface area contributed by atoms with Gasteiger partial charge < -0.3 is 13.5 Å². The Morgan fingerprint density at radius 3 is 2.64 bits per heavy atom. The van der Waals surface area contributed by atoms with E-state index < -0.39 is 18.8 Å². The summed E-state index contributed by atoms with van der Waals surface area (Å²) in [4.78, 5) is 13.7. The molecule has 1 aliphatic rings. The largest absolute Gasteiger partial charge is 0.619 e. The standard InChI is InChI=1S/C16H18BFN2O2/c1-12-16(21)22-17(18,20(12)11-19(2)3)15-10-6-8-13-7-4-5-9-14(13)15/h4-12H,1-3H3/b20-11+/t12-,17?/m0/s1. The summed E-state index contributed by atoms with van der Waals surface area (Å²) in [6, 6.07) is 12.2. The van der Waals surface area contributed by atoms with Crippen LogP contribution < -0.4 is 5.46 Å². The molecule has 4 nitrogen and oxygen atoms in total. The molecule has 0 radical (unpaired) electrons. The molecule has 3 rings (SSSR count). The van der Waals surface area contributed by atoms with Crippen LogP contribution in [0.3, 0.4) is 0 Å². The monoisotopic (exact) mass is 300 g/mol. The van der Waals surface area contributed by atoms with Gasteiger partial charge in [-0.2, -0.15) is 0 Å². The first-order valence-corrected chi connectivity index (χ1v) is 7.27. The first-order chi connectivity index (χ1) is 10.4. The molecule has 0 N–H and O–H groups in total. The molecule has 0 saturated carbocycles. The van der Waals surface area contributed by atoms with Crippen molar-refractivity contribution >= 4 is 35.3 Å². The van der Waals surface area contributed by atoms with Gasteiger partial charge in [0.05, 0.1) is 14.1 Å². The third-order valence-electron chi connectivity index (χ3n) is 4.02. The Hall–Kier alpha value is -2.37. The van der Waals surface area contributed by atoms with Crippen molar-refractivity contribution < 1.29 is 18.3 Å². The van der Waals surface area contributed by atoms with Gasteiger partial charge in [0.15, 0.2) is 6.34 Å². The smallest absolute Gasteiger partial charge is 0.568 e. The molecule has 1 aliphatic heterocycles. The van der Waals surface area contributed by atoms with Crippen LogP contribution in [0.25, 0.3) is 10.8 Å². The van der Waals surface area contributed by atoms with Crippen molar-refractivity contribution in [2.24, 2.45) is 0 Å². The summed E-state index contributed by atoms with van der Waals surface area (Å²) < 4.78 is 22.4. The summed E-state index contributed by atoms with van der Waals surface area (Å²) >= 11 is 0. The van der Waals surface area contributed by atoms with E-state index in [0.29, 0.717) is 5.46 Å². The van der Waals surface area contributed by atoms with Gasteiger partial charge in [-0.25, -0.2) is 0 Å². The Balaban J connectivity index is 2.25. The quantitative estimate of drug-likeness (QED) is 0.622. The third-order valence-corrected chi connectivity index (χ3v) is 4.02. The van der Waals surface area contributed by atoms with E-state index in [4.69, 9.17) is 4.65 Å². The van der Waals surface area contributed by atoms with Crippen LogP contribution in [0, 0.1) is 0 Å². The first-order valence-electron chi connectivity index (χ1n) is 7.27. The number of rotatable bonds is 2. The van der Waals surface area contributed by atoms with Gasteiger partial charge in [0, 0.05) is 0 Å². The number of fused-ring (bicyclic) bond motifs is 1. The van der Waals surface area contributed by atoms with E-state index in [1.165, 1.54) is 4.49 Å². The Morgan fingerprint density at radius 1 is 1.23 bits per heavy atom. The van der Waals surface area contributed by atoms with Gasteiger partial charge in [-0.05, 0) is 17.7 Å². The van der Waals surface area contributed by atoms with E-state index in [9.17, 15) is 4.79 Å². The number of hydrogen-bond acceptors (Lipinski definition) is 2. The highest BCUT2D eigenvalue weighted by molar-refractivity contribution is 6.78. The number of halogens is 1. The van der Waals surface area contributed by atoms with Crippen LogP contribution in [-0.2, 0) is 9.45 Å². The molecular formula is C16H18BFN2O2. The molecule has 114 valence electrons. The fraction of sp³-hybridized carbons (Fsp3) is 0.250. The summed E-state index contributed by atoms with van der Waals surface area (Å²) in [6.07, 6.45) is 1.58. The van der Waals surface area contributed by atoms with Gasteiger partial charge in [-0.15, -0.1) is 0 Å². The maximum absolute atomic E-state index is 15.8. The average molecular weight is 300 g/mol. The van der Waals surface area contributed by atoms with Crippen molar-refractivity contribution in [3.63, 3.8) is 0 Å². The second-order valence-electron chi connectivity index (χ2n) is 5.86. The van der Waals surface area contributed by atoms with E-state index in [1.807, 2.05) is 30.3 Å². The zero-order valence-corrected chi connectivity index (χ0v) is 12.9. The van der Waals surface area contributed by atoms with E-state index in [0.717, 1.165) is 10.8 Å². The van der Waals surface area contributed by atoms with Crippen molar-refractivity contribution in [3.05, 3.63) is 42.5 Å². The molecule has 0 aliphatic carbocycles. The van der Waals surface area contributed by atoms with Crippen LogP contribution in [-0.4, -0.2) is 48.6 Å². The molecule has 0 aromatic heterocycles. The summed E-state index contributed by atoms with van der Waals surface area (Å²) in [6.45, 7) is -1.44. The fourth-order valence-corrected chi connectivity index (χ4v) is 2.96. The van der Waals surface area contributed by atoms with Crippen LogP contribution >= 0.6 is 0 Å². The zero-order chi connectivity index (χ0) is 15.9. The molecule has 1 unspecified atom stereocenters. The van der Waals surface area contributed by atoms with Crippen molar-refractivity contribution in [1.82, 2.24) is 4.90 Å². The van der Waals surface area contributed by atoms with Crippen LogP contribution in [0.4, 0.5) is 4.32 Å². The van der Waals surface area contributed by atoms with Crippen LogP contribution in [0.2, 0.25) is 0 Å². The van der Waals surface area contributed by atoms with Crippen LogP contribution in [0.5, 0.6) is 0 Å². The van der Waals surface area contributed by atoms with Gasteiger partial charge in [-0.3, -0.25) is 9.69 Å². The molecule has 0 spiro atoms. The van der Waals surface area contributed by atoms with Gasteiger partial charge >= 0.3 is 12.7 Å². The van der Waals surface area contributed by atoms with Crippen molar-refractivity contribution in [1.29, 1.82) is 0 Å². The molecule has 6 heteroatoms. The Bertz CT molecular complexity index is 772. The first kappa shape index (κ1) is 14.6. The zero-order valence-electron chi connectivity index (χ0n) is 12.9. The molecule has 0 bridgehead atoms. The minimum absolute atomic E-state index is 0.397. The lowest BCUT2D eigenvalue weighted by Crippen LogP contribution is -2.55. The number of benzene rings is 2. The lowest BCUT2D eigenvalue weighted by molar-refractivity contribution is -0.428. The number of carbonyl (C=O) groups excluding carboxylic acids is 1. The number of carbonyl (C=O) groups is 1. The highest BCUT2D eigenvalue weighted by Crippen LogP contribution is 2.25. The number of hydrogen-bond donors (Lipinski definition) is 0. The van der Waals surface area contributed by atoms with E-state index in [-0.39, 0.29) is 0 Å². The van der Waals surface area contributed by atoms with E-state index in [2.05, 4.69) is 0 Å². The highest BCUT2D eigenvalue weighted by atomic mass is 19.1. The fourth-order valence-electron chi connectivity index (χ4n) is 2.96. The molecule has 1 saturated heterocycles.